The Kier molecular flexibility index (Phi) is 1.67. The molecule has 2 bridgehead atoms. The van der Waals surface area contributed by atoms with E-state index in [1.54, 1.807) is 0 Å². The van der Waals surface area contributed by atoms with Crippen molar-refractivity contribution >= 4 is 5.97 Å². The number of rotatable bonds is 0. The van der Waals surface area contributed by atoms with Crippen LogP contribution in [-0.2, 0) is 9.53 Å². The fraction of sp³-hybridized carbons (Fsp3) is 0.900. The van der Waals surface area contributed by atoms with Crippen LogP contribution < -0.4 is 0 Å². The number of hydrogen-bond donors (Lipinski definition) is 0. The fourth-order valence-electron chi connectivity index (χ4n) is 2.60. The van der Waals surface area contributed by atoms with Crippen molar-refractivity contribution in [3.8, 4) is 0 Å². The van der Waals surface area contributed by atoms with Gasteiger partial charge in [0.1, 0.15) is 6.10 Å². The summed E-state index contributed by atoms with van der Waals surface area (Å²) < 4.78 is 5.38. The molecule has 2 unspecified atom stereocenters. The summed E-state index contributed by atoms with van der Waals surface area (Å²) in [7, 11) is 0. The van der Waals surface area contributed by atoms with Gasteiger partial charge in [0, 0.05) is 11.8 Å². The minimum Gasteiger partial charge on any atom is -0.462 e. The standard InChI is InChI=1S/C10H16O2/c1-10(2)7-3-5-8(10)12-9(11)6-4-7/h7-8H,3-6H2,1-2H3. The number of esters is 1. The molecule has 0 aromatic heterocycles. The Labute approximate surface area is 73.3 Å². The molecular weight excluding hydrogens is 152 g/mol. The van der Waals surface area contributed by atoms with E-state index in [1.165, 1.54) is 6.42 Å². The van der Waals surface area contributed by atoms with Crippen LogP contribution in [0, 0.1) is 11.3 Å². The third-order valence-electron chi connectivity index (χ3n) is 3.63. The van der Waals surface area contributed by atoms with Gasteiger partial charge in [-0.1, -0.05) is 13.8 Å². The molecule has 2 heteroatoms. The van der Waals surface area contributed by atoms with E-state index in [1.807, 2.05) is 0 Å². The predicted octanol–water partition coefficient (Wildman–Crippen LogP) is 2.13. The van der Waals surface area contributed by atoms with Crippen LogP contribution in [0.2, 0.25) is 0 Å². The molecule has 0 radical (unpaired) electrons. The SMILES string of the molecule is CC1(C)C2CCC(=O)OC1CC2. The van der Waals surface area contributed by atoms with Gasteiger partial charge in [0.25, 0.3) is 0 Å². The van der Waals surface area contributed by atoms with E-state index >= 15 is 0 Å². The molecule has 1 aliphatic heterocycles. The monoisotopic (exact) mass is 168 g/mol. The van der Waals surface area contributed by atoms with E-state index in [-0.39, 0.29) is 17.5 Å². The summed E-state index contributed by atoms with van der Waals surface area (Å²) in [5, 5.41) is 0. The van der Waals surface area contributed by atoms with Crippen molar-refractivity contribution in [1.29, 1.82) is 0 Å². The normalized spacial score (nSPS) is 39.0. The number of fused-ring (bicyclic) bond motifs is 2. The molecule has 2 fully saturated rings. The van der Waals surface area contributed by atoms with E-state index < -0.39 is 0 Å². The second-order valence-electron chi connectivity index (χ2n) is 4.61. The lowest BCUT2D eigenvalue weighted by molar-refractivity contribution is -0.151. The van der Waals surface area contributed by atoms with Gasteiger partial charge in [-0.05, 0) is 25.2 Å². The minimum atomic E-state index is 0.00951. The Balaban J connectivity index is 2.23. The van der Waals surface area contributed by atoms with Crippen LogP contribution in [0.15, 0.2) is 0 Å². The van der Waals surface area contributed by atoms with Crippen molar-refractivity contribution in [2.24, 2.45) is 11.3 Å². The van der Waals surface area contributed by atoms with E-state index in [0.717, 1.165) is 12.8 Å². The van der Waals surface area contributed by atoms with Crippen LogP contribution >= 0.6 is 0 Å². The average molecular weight is 168 g/mol. The van der Waals surface area contributed by atoms with Gasteiger partial charge in [-0.25, -0.2) is 0 Å². The molecule has 1 heterocycles. The Morgan fingerprint density at radius 2 is 2.08 bits per heavy atom. The van der Waals surface area contributed by atoms with E-state index in [0.29, 0.717) is 12.3 Å². The first-order valence-corrected chi connectivity index (χ1v) is 4.80. The lowest BCUT2D eigenvalue weighted by Crippen LogP contribution is -2.29. The highest BCUT2D eigenvalue weighted by Gasteiger charge is 2.46. The van der Waals surface area contributed by atoms with Gasteiger partial charge in [-0.15, -0.1) is 0 Å². The number of ether oxygens (including phenoxy) is 1. The average Bonchev–Trinajstić information content (AvgIpc) is 2.15. The third-order valence-corrected chi connectivity index (χ3v) is 3.63. The minimum absolute atomic E-state index is 0.00951. The highest BCUT2D eigenvalue weighted by atomic mass is 16.5. The second kappa shape index (κ2) is 2.48. The van der Waals surface area contributed by atoms with Crippen molar-refractivity contribution in [2.75, 3.05) is 0 Å². The summed E-state index contributed by atoms with van der Waals surface area (Å²) in [4.78, 5) is 11.1. The van der Waals surface area contributed by atoms with Gasteiger partial charge in [0.15, 0.2) is 0 Å². The molecule has 1 aliphatic carbocycles. The zero-order chi connectivity index (χ0) is 8.77. The first-order chi connectivity index (χ1) is 5.60. The van der Waals surface area contributed by atoms with Crippen molar-refractivity contribution < 1.29 is 9.53 Å². The second-order valence-corrected chi connectivity index (χ2v) is 4.61. The molecule has 2 aliphatic rings. The van der Waals surface area contributed by atoms with Crippen LogP contribution in [0.25, 0.3) is 0 Å². The largest absolute Gasteiger partial charge is 0.462 e. The summed E-state index contributed by atoms with van der Waals surface area (Å²) in [5.41, 5.74) is 0.228. The van der Waals surface area contributed by atoms with Gasteiger partial charge < -0.3 is 4.74 Å². The van der Waals surface area contributed by atoms with Crippen LogP contribution in [-0.4, -0.2) is 12.1 Å². The molecular formula is C10H16O2. The molecule has 0 aromatic carbocycles. The number of hydrogen-bond acceptors (Lipinski definition) is 2. The number of carbonyl (C=O) groups is 1. The van der Waals surface area contributed by atoms with E-state index in [2.05, 4.69) is 13.8 Å². The predicted molar refractivity (Wildman–Crippen MR) is 45.6 cm³/mol. The summed E-state index contributed by atoms with van der Waals surface area (Å²) in [6.45, 7) is 4.46. The Morgan fingerprint density at radius 3 is 2.83 bits per heavy atom. The van der Waals surface area contributed by atoms with Crippen LogP contribution in [0.3, 0.4) is 0 Å². The molecule has 2 atom stereocenters. The van der Waals surface area contributed by atoms with E-state index in [9.17, 15) is 4.79 Å². The first kappa shape index (κ1) is 8.09. The van der Waals surface area contributed by atoms with Crippen LogP contribution in [0.1, 0.15) is 39.5 Å². The maximum atomic E-state index is 11.1. The molecule has 0 aromatic rings. The van der Waals surface area contributed by atoms with Crippen LogP contribution in [0.4, 0.5) is 0 Å². The maximum absolute atomic E-state index is 11.1. The van der Waals surface area contributed by atoms with Crippen molar-refractivity contribution in [3.05, 3.63) is 0 Å². The molecule has 1 saturated carbocycles. The summed E-state index contributed by atoms with van der Waals surface area (Å²) in [5.74, 6) is 0.712. The van der Waals surface area contributed by atoms with Gasteiger partial charge in [-0.3, -0.25) is 4.79 Å². The Morgan fingerprint density at radius 1 is 1.33 bits per heavy atom. The molecule has 12 heavy (non-hydrogen) atoms. The van der Waals surface area contributed by atoms with Crippen molar-refractivity contribution in [3.63, 3.8) is 0 Å². The molecule has 1 saturated heterocycles. The summed E-state index contributed by atoms with van der Waals surface area (Å²) in [6, 6.07) is 0. The molecule has 0 N–H and O–H groups in total. The first-order valence-electron chi connectivity index (χ1n) is 4.80. The quantitative estimate of drug-likeness (QED) is 0.518. The van der Waals surface area contributed by atoms with Gasteiger partial charge in [0.2, 0.25) is 0 Å². The zero-order valence-electron chi connectivity index (χ0n) is 7.80. The van der Waals surface area contributed by atoms with Crippen molar-refractivity contribution in [1.82, 2.24) is 0 Å². The van der Waals surface area contributed by atoms with Crippen LogP contribution in [0.5, 0.6) is 0 Å². The van der Waals surface area contributed by atoms with Crippen molar-refractivity contribution in [2.45, 2.75) is 45.6 Å². The third kappa shape index (κ3) is 1.05. The molecule has 0 spiro atoms. The topological polar surface area (TPSA) is 26.3 Å². The molecule has 2 rings (SSSR count). The lowest BCUT2D eigenvalue weighted by Gasteiger charge is -2.29. The maximum Gasteiger partial charge on any atom is 0.306 e. The Hall–Kier alpha value is -0.530. The highest BCUT2D eigenvalue weighted by molar-refractivity contribution is 5.70. The van der Waals surface area contributed by atoms with E-state index in [4.69, 9.17) is 4.74 Å². The zero-order valence-corrected chi connectivity index (χ0v) is 7.80. The Bertz CT molecular complexity index is 208. The molecule has 0 amide bonds. The highest BCUT2D eigenvalue weighted by Crippen LogP contribution is 2.48. The fourth-order valence-corrected chi connectivity index (χ4v) is 2.60. The van der Waals surface area contributed by atoms with Gasteiger partial charge in [0.05, 0.1) is 0 Å². The number of carbonyl (C=O) groups excluding carboxylic acids is 1. The van der Waals surface area contributed by atoms with Gasteiger partial charge in [-0.2, -0.15) is 0 Å². The molecule has 68 valence electrons. The van der Waals surface area contributed by atoms with Gasteiger partial charge >= 0.3 is 5.97 Å². The summed E-state index contributed by atoms with van der Waals surface area (Å²) in [6.07, 6.45) is 4.17. The lowest BCUT2D eigenvalue weighted by atomic mass is 9.79. The summed E-state index contributed by atoms with van der Waals surface area (Å²) >= 11 is 0. The molecule has 2 nitrogen and oxygen atoms in total. The smallest absolute Gasteiger partial charge is 0.306 e.